The quantitative estimate of drug-likeness (QED) is 0.778. The van der Waals surface area contributed by atoms with E-state index < -0.39 is 5.82 Å². The summed E-state index contributed by atoms with van der Waals surface area (Å²) in [7, 11) is 0. The van der Waals surface area contributed by atoms with Crippen molar-refractivity contribution in [2.45, 2.75) is 19.4 Å². The number of ether oxygens (including phenoxy) is 1. The fourth-order valence-electron chi connectivity index (χ4n) is 2.74. The van der Waals surface area contributed by atoms with E-state index in [4.69, 9.17) is 4.74 Å². The lowest BCUT2D eigenvalue weighted by molar-refractivity contribution is -0.123. The minimum absolute atomic E-state index is 0.0258. The van der Waals surface area contributed by atoms with E-state index in [-0.39, 0.29) is 24.2 Å². The van der Waals surface area contributed by atoms with E-state index in [0.29, 0.717) is 17.4 Å². The Morgan fingerprint density at radius 1 is 1.27 bits per heavy atom. The van der Waals surface area contributed by atoms with E-state index in [1.54, 1.807) is 11.0 Å². The molecule has 1 aliphatic heterocycles. The Morgan fingerprint density at radius 3 is 2.85 bits per heavy atom. The summed E-state index contributed by atoms with van der Waals surface area (Å²) in [5.41, 5.74) is 1.72. The number of carbonyl (C=O) groups excluding carboxylic acids is 2. The maximum Gasteiger partial charge on any atom is 0.258 e. The molecule has 3 rings (SSSR count). The molecule has 7 heteroatoms. The maximum absolute atomic E-state index is 13.7. The van der Waals surface area contributed by atoms with Crippen LogP contribution < -0.4 is 15.0 Å². The van der Waals surface area contributed by atoms with Gasteiger partial charge in [-0.15, -0.1) is 0 Å². The molecule has 0 saturated carbocycles. The van der Waals surface area contributed by atoms with Gasteiger partial charge in [0.05, 0.1) is 0 Å². The summed E-state index contributed by atoms with van der Waals surface area (Å²) in [6.45, 7) is 0.755. The number of amides is 2. The Balaban J connectivity index is 1.52. The first-order valence-corrected chi connectivity index (χ1v) is 9.06. The van der Waals surface area contributed by atoms with Gasteiger partial charge in [0.15, 0.2) is 18.2 Å². The zero-order valence-corrected chi connectivity index (χ0v) is 15.6. The number of nitrogens with one attached hydrogen (secondary N) is 1. The van der Waals surface area contributed by atoms with Crippen molar-refractivity contribution < 1.29 is 18.7 Å². The van der Waals surface area contributed by atoms with Gasteiger partial charge in [-0.1, -0.05) is 28.1 Å². The molecule has 0 radical (unpaired) electrons. The van der Waals surface area contributed by atoms with Gasteiger partial charge in [-0.25, -0.2) is 4.39 Å². The number of nitrogens with zero attached hydrogens (tertiary/aromatic N) is 1. The lowest BCUT2D eigenvalue weighted by Crippen LogP contribution is -2.29. The predicted molar refractivity (Wildman–Crippen MR) is 99.5 cm³/mol. The molecule has 26 heavy (non-hydrogen) atoms. The second-order valence-corrected chi connectivity index (χ2v) is 6.87. The van der Waals surface area contributed by atoms with Gasteiger partial charge in [-0.2, -0.15) is 0 Å². The van der Waals surface area contributed by atoms with Crippen molar-refractivity contribution in [1.29, 1.82) is 0 Å². The van der Waals surface area contributed by atoms with Crippen molar-refractivity contribution in [2.24, 2.45) is 0 Å². The fourth-order valence-corrected chi connectivity index (χ4v) is 3.08. The molecule has 1 heterocycles. The number of rotatable bonds is 6. The van der Waals surface area contributed by atoms with Gasteiger partial charge in [0.2, 0.25) is 5.91 Å². The average molecular weight is 421 g/mol. The Morgan fingerprint density at radius 2 is 2.12 bits per heavy atom. The minimum atomic E-state index is -0.532. The van der Waals surface area contributed by atoms with E-state index in [9.17, 15) is 14.0 Å². The summed E-state index contributed by atoms with van der Waals surface area (Å²) >= 11 is 3.16. The van der Waals surface area contributed by atoms with E-state index in [0.717, 1.165) is 24.2 Å². The van der Waals surface area contributed by atoms with Crippen molar-refractivity contribution in [3.63, 3.8) is 0 Å². The molecule has 0 aromatic heterocycles. The highest BCUT2D eigenvalue weighted by Gasteiger charge is 2.21. The van der Waals surface area contributed by atoms with Crippen LogP contribution in [0.4, 0.5) is 10.1 Å². The summed E-state index contributed by atoms with van der Waals surface area (Å²) in [4.78, 5) is 25.5. The summed E-state index contributed by atoms with van der Waals surface area (Å²) in [5, 5.41) is 2.73. The number of hydrogen-bond acceptors (Lipinski definition) is 3. The number of benzene rings is 2. The summed E-state index contributed by atoms with van der Waals surface area (Å²) in [6, 6.07) is 11.9. The topological polar surface area (TPSA) is 58.6 Å². The normalized spacial score (nSPS) is 13.8. The zero-order chi connectivity index (χ0) is 18.5. The molecule has 2 amide bonds. The van der Waals surface area contributed by atoms with Crippen molar-refractivity contribution in [1.82, 2.24) is 5.32 Å². The number of hydrogen-bond donors (Lipinski definition) is 1. The average Bonchev–Trinajstić information content (AvgIpc) is 3.05. The van der Waals surface area contributed by atoms with Crippen LogP contribution in [-0.2, 0) is 16.1 Å². The molecule has 1 aliphatic rings. The Bertz CT molecular complexity index is 828. The molecule has 0 spiro atoms. The molecule has 1 N–H and O–H groups in total. The highest BCUT2D eigenvalue weighted by Crippen LogP contribution is 2.23. The third-order valence-corrected chi connectivity index (χ3v) is 4.53. The first kappa shape index (κ1) is 18.4. The molecular weight excluding hydrogens is 403 g/mol. The Labute approximate surface area is 159 Å². The van der Waals surface area contributed by atoms with Crippen LogP contribution in [-0.4, -0.2) is 25.0 Å². The smallest absolute Gasteiger partial charge is 0.258 e. The Hall–Kier alpha value is -2.41. The van der Waals surface area contributed by atoms with Crippen molar-refractivity contribution in [2.75, 3.05) is 18.1 Å². The fraction of sp³-hybridized carbons (Fsp3) is 0.263. The molecule has 0 aliphatic carbocycles. The lowest BCUT2D eigenvalue weighted by atomic mass is 10.2. The van der Waals surface area contributed by atoms with Crippen LogP contribution in [0.15, 0.2) is 46.9 Å². The second kappa shape index (κ2) is 8.31. The van der Waals surface area contributed by atoms with Crippen LogP contribution in [0.25, 0.3) is 0 Å². The minimum Gasteiger partial charge on any atom is -0.481 e. The molecule has 2 aromatic carbocycles. The standard InChI is InChI=1S/C19H18BrFN2O3/c20-14-6-7-17(16(21)10-14)26-12-18(24)22-11-13-3-1-4-15(9-13)23-8-2-5-19(23)25/h1,3-4,6-7,9-10H,2,5,8,11-12H2,(H,22,24). The molecule has 1 saturated heterocycles. The molecule has 2 aromatic rings. The van der Waals surface area contributed by atoms with Gasteiger partial charge in [-0.05, 0) is 42.3 Å². The van der Waals surface area contributed by atoms with Gasteiger partial charge in [0, 0.05) is 29.7 Å². The van der Waals surface area contributed by atoms with Gasteiger partial charge in [-0.3, -0.25) is 9.59 Å². The monoisotopic (exact) mass is 420 g/mol. The number of carbonyl (C=O) groups is 2. The van der Waals surface area contributed by atoms with E-state index in [1.165, 1.54) is 12.1 Å². The van der Waals surface area contributed by atoms with E-state index in [2.05, 4.69) is 21.2 Å². The van der Waals surface area contributed by atoms with Crippen LogP contribution in [0.5, 0.6) is 5.75 Å². The van der Waals surface area contributed by atoms with Gasteiger partial charge in [0.25, 0.3) is 5.91 Å². The third-order valence-electron chi connectivity index (χ3n) is 4.04. The zero-order valence-electron chi connectivity index (χ0n) is 14.0. The van der Waals surface area contributed by atoms with Gasteiger partial charge < -0.3 is 15.0 Å². The van der Waals surface area contributed by atoms with Gasteiger partial charge in [0.1, 0.15) is 0 Å². The highest BCUT2D eigenvalue weighted by atomic mass is 79.9. The predicted octanol–water partition coefficient (Wildman–Crippen LogP) is 3.41. The lowest BCUT2D eigenvalue weighted by Gasteiger charge is -2.16. The molecule has 136 valence electrons. The second-order valence-electron chi connectivity index (χ2n) is 5.96. The van der Waals surface area contributed by atoms with Crippen molar-refractivity contribution in [3.8, 4) is 5.75 Å². The largest absolute Gasteiger partial charge is 0.481 e. The summed E-state index contributed by atoms with van der Waals surface area (Å²) < 4.78 is 19.5. The van der Waals surface area contributed by atoms with Crippen LogP contribution in [0.2, 0.25) is 0 Å². The van der Waals surface area contributed by atoms with Crippen molar-refractivity contribution >= 4 is 33.4 Å². The molecule has 5 nitrogen and oxygen atoms in total. The molecule has 1 fully saturated rings. The molecule has 0 unspecified atom stereocenters. The van der Waals surface area contributed by atoms with Crippen LogP contribution >= 0.6 is 15.9 Å². The number of anilines is 1. The van der Waals surface area contributed by atoms with Crippen LogP contribution in [0.1, 0.15) is 18.4 Å². The molecular formula is C19H18BrFN2O3. The third kappa shape index (κ3) is 4.60. The molecule has 0 atom stereocenters. The summed E-state index contributed by atoms with van der Waals surface area (Å²) in [5.74, 6) is -0.737. The van der Waals surface area contributed by atoms with Crippen LogP contribution in [0, 0.1) is 5.82 Å². The van der Waals surface area contributed by atoms with E-state index in [1.807, 2.05) is 24.3 Å². The number of halogens is 2. The van der Waals surface area contributed by atoms with E-state index >= 15 is 0 Å². The van der Waals surface area contributed by atoms with Gasteiger partial charge >= 0.3 is 0 Å². The Kier molecular flexibility index (Phi) is 5.88. The summed E-state index contributed by atoms with van der Waals surface area (Å²) in [6.07, 6.45) is 1.44. The van der Waals surface area contributed by atoms with Crippen LogP contribution in [0.3, 0.4) is 0 Å². The maximum atomic E-state index is 13.7. The first-order valence-electron chi connectivity index (χ1n) is 8.27. The highest BCUT2D eigenvalue weighted by molar-refractivity contribution is 9.10. The SMILES string of the molecule is O=C(COc1ccc(Br)cc1F)NCc1cccc(N2CCCC2=O)c1. The first-order chi connectivity index (χ1) is 12.5. The molecule has 0 bridgehead atoms. The van der Waals surface area contributed by atoms with Crippen molar-refractivity contribution in [3.05, 3.63) is 58.3 Å².